The highest BCUT2D eigenvalue weighted by Crippen LogP contribution is 2.17. The van der Waals surface area contributed by atoms with Gasteiger partial charge in [0.1, 0.15) is 0 Å². The van der Waals surface area contributed by atoms with Gasteiger partial charge in [-0.25, -0.2) is 13.4 Å². The molecule has 26 heavy (non-hydrogen) atoms. The number of nitrogens with zero attached hydrogens (tertiary/aromatic N) is 1. The zero-order valence-corrected chi connectivity index (χ0v) is 19.4. The third-order valence-electron chi connectivity index (χ3n) is 4.30. The molecule has 0 bridgehead atoms. The van der Waals surface area contributed by atoms with Crippen molar-refractivity contribution in [2.24, 2.45) is 4.99 Å². The van der Waals surface area contributed by atoms with E-state index in [0.717, 1.165) is 11.1 Å². The lowest BCUT2D eigenvalue weighted by Crippen LogP contribution is -2.46. The number of halogens is 1. The van der Waals surface area contributed by atoms with E-state index in [1.807, 2.05) is 26.8 Å². The van der Waals surface area contributed by atoms with Crippen LogP contribution in [-0.2, 0) is 16.4 Å². The molecule has 0 fully saturated rings. The molecule has 0 saturated heterocycles. The van der Waals surface area contributed by atoms with Crippen LogP contribution in [0.15, 0.2) is 28.1 Å². The summed E-state index contributed by atoms with van der Waals surface area (Å²) in [6, 6.07) is 5.26. The SMILES string of the molecule is CCNC(=NCc1ccc(S(C)(=O)=O)c(C)c1)NCC(O)(CC)CC.I. The molecule has 0 aliphatic rings. The summed E-state index contributed by atoms with van der Waals surface area (Å²) in [6.45, 7) is 9.26. The third-order valence-corrected chi connectivity index (χ3v) is 5.56. The first-order chi connectivity index (χ1) is 11.6. The lowest BCUT2D eigenvalue weighted by atomic mass is 9.98. The summed E-state index contributed by atoms with van der Waals surface area (Å²) in [4.78, 5) is 4.87. The van der Waals surface area contributed by atoms with Gasteiger partial charge in [-0.1, -0.05) is 26.0 Å². The van der Waals surface area contributed by atoms with Gasteiger partial charge < -0.3 is 15.7 Å². The summed E-state index contributed by atoms with van der Waals surface area (Å²) in [5, 5.41) is 16.7. The van der Waals surface area contributed by atoms with Crippen LogP contribution in [0.3, 0.4) is 0 Å². The number of rotatable bonds is 8. The van der Waals surface area contributed by atoms with E-state index in [4.69, 9.17) is 0 Å². The fraction of sp³-hybridized carbons (Fsp3) is 0.611. The Hall–Kier alpha value is -0.870. The summed E-state index contributed by atoms with van der Waals surface area (Å²) in [7, 11) is -3.21. The number of guanidine groups is 1. The standard InChI is InChI=1S/C18H31N3O3S.HI/c1-6-18(22,7-2)13-21-17(19-8-3)20-12-15-9-10-16(14(4)11-15)25(5,23)24;/h9-11,22H,6-8,12-13H2,1-5H3,(H2,19,20,21);1H. The number of aliphatic imine (C=N–C) groups is 1. The van der Waals surface area contributed by atoms with Gasteiger partial charge in [0.2, 0.25) is 0 Å². The molecule has 0 aliphatic heterocycles. The molecule has 0 heterocycles. The molecule has 0 saturated carbocycles. The highest BCUT2D eigenvalue weighted by Gasteiger charge is 2.22. The van der Waals surface area contributed by atoms with E-state index < -0.39 is 15.4 Å². The summed E-state index contributed by atoms with van der Waals surface area (Å²) >= 11 is 0. The Morgan fingerprint density at radius 3 is 2.27 bits per heavy atom. The Labute approximate surface area is 174 Å². The van der Waals surface area contributed by atoms with Crippen LogP contribution in [0.25, 0.3) is 0 Å². The van der Waals surface area contributed by atoms with Gasteiger partial charge in [0.25, 0.3) is 0 Å². The lowest BCUT2D eigenvalue weighted by molar-refractivity contribution is 0.0367. The summed E-state index contributed by atoms with van der Waals surface area (Å²) in [5.41, 5.74) is 0.909. The van der Waals surface area contributed by atoms with Gasteiger partial charge in [-0.2, -0.15) is 0 Å². The molecule has 150 valence electrons. The molecular formula is C18H32IN3O3S. The maximum absolute atomic E-state index is 11.7. The Morgan fingerprint density at radius 2 is 1.81 bits per heavy atom. The second kappa shape index (κ2) is 11.1. The Kier molecular flexibility index (Phi) is 10.7. The van der Waals surface area contributed by atoms with Crippen LogP contribution in [0.5, 0.6) is 0 Å². The van der Waals surface area contributed by atoms with Gasteiger partial charge >= 0.3 is 0 Å². The monoisotopic (exact) mass is 497 g/mol. The number of hydrogen-bond donors (Lipinski definition) is 3. The third kappa shape index (κ3) is 7.79. The normalized spacial score (nSPS) is 12.5. The van der Waals surface area contributed by atoms with Crippen molar-refractivity contribution in [3.8, 4) is 0 Å². The first-order valence-electron chi connectivity index (χ1n) is 8.69. The van der Waals surface area contributed by atoms with Crippen LogP contribution >= 0.6 is 24.0 Å². The number of benzene rings is 1. The Morgan fingerprint density at radius 1 is 1.19 bits per heavy atom. The van der Waals surface area contributed by atoms with E-state index in [0.29, 0.717) is 43.3 Å². The molecule has 0 atom stereocenters. The van der Waals surface area contributed by atoms with E-state index in [-0.39, 0.29) is 24.0 Å². The van der Waals surface area contributed by atoms with Crippen molar-refractivity contribution in [2.45, 2.75) is 57.6 Å². The molecule has 0 radical (unpaired) electrons. The molecule has 1 aromatic rings. The fourth-order valence-electron chi connectivity index (χ4n) is 2.49. The fourth-order valence-corrected chi connectivity index (χ4v) is 3.45. The Balaban J connectivity index is 0.00000625. The smallest absolute Gasteiger partial charge is 0.191 e. The second-order valence-electron chi connectivity index (χ2n) is 6.35. The average Bonchev–Trinajstić information content (AvgIpc) is 2.56. The molecule has 8 heteroatoms. The van der Waals surface area contributed by atoms with Gasteiger partial charge in [0, 0.05) is 19.3 Å². The van der Waals surface area contributed by atoms with Crippen molar-refractivity contribution >= 4 is 39.8 Å². The molecule has 6 nitrogen and oxygen atoms in total. The lowest BCUT2D eigenvalue weighted by Gasteiger charge is -2.26. The molecular weight excluding hydrogens is 465 g/mol. The minimum absolute atomic E-state index is 0. The van der Waals surface area contributed by atoms with Crippen LogP contribution in [0.1, 0.15) is 44.7 Å². The van der Waals surface area contributed by atoms with E-state index in [2.05, 4.69) is 15.6 Å². The molecule has 0 unspecified atom stereocenters. The maximum atomic E-state index is 11.7. The zero-order valence-electron chi connectivity index (χ0n) is 16.3. The van der Waals surface area contributed by atoms with Crippen molar-refractivity contribution in [3.63, 3.8) is 0 Å². The van der Waals surface area contributed by atoms with E-state index >= 15 is 0 Å². The van der Waals surface area contributed by atoms with Crippen LogP contribution in [0.4, 0.5) is 0 Å². The molecule has 1 aromatic carbocycles. The van der Waals surface area contributed by atoms with Gasteiger partial charge in [-0.3, -0.25) is 0 Å². The van der Waals surface area contributed by atoms with Crippen molar-refractivity contribution < 1.29 is 13.5 Å². The van der Waals surface area contributed by atoms with Crippen molar-refractivity contribution in [1.82, 2.24) is 10.6 Å². The molecule has 0 amide bonds. The summed E-state index contributed by atoms with van der Waals surface area (Å²) in [5.74, 6) is 0.632. The van der Waals surface area contributed by atoms with Gasteiger partial charge in [0.15, 0.2) is 15.8 Å². The van der Waals surface area contributed by atoms with Gasteiger partial charge in [-0.15, -0.1) is 24.0 Å². The van der Waals surface area contributed by atoms with Crippen LogP contribution in [0.2, 0.25) is 0 Å². The minimum Gasteiger partial charge on any atom is -0.388 e. The quantitative estimate of drug-likeness (QED) is 0.292. The number of hydrogen-bond acceptors (Lipinski definition) is 4. The van der Waals surface area contributed by atoms with Crippen LogP contribution in [-0.4, -0.2) is 44.4 Å². The largest absolute Gasteiger partial charge is 0.388 e. The first kappa shape index (κ1) is 25.1. The summed E-state index contributed by atoms with van der Waals surface area (Å²) < 4.78 is 23.4. The van der Waals surface area contributed by atoms with Crippen molar-refractivity contribution in [1.29, 1.82) is 0 Å². The highest BCUT2D eigenvalue weighted by molar-refractivity contribution is 14.0. The number of sulfone groups is 1. The van der Waals surface area contributed by atoms with Crippen LogP contribution < -0.4 is 10.6 Å². The topological polar surface area (TPSA) is 90.8 Å². The molecule has 1 rings (SSSR count). The Bertz CT molecular complexity index is 702. The molecule has 0 spiro atoms. The first-order valence-corrected chi connectivity index (χ1v) is 10.6. The zero-order chi connectivity index (χ0) is 19.1. The van der Waals surface area contributed by atoms with Crippen molar-refractivity contribution in [3.05, 3.63) is 29.3 Å². The second-order valence-corrected chi connectivity index (χ2v) is 8.34. The van der Waals surface area contributed by atoms with Crippen LogP contribution in [0, 0.1) is 6.92 Å². The average molecular weight is 497 g/mol. The van der Waals surface area contributed by atoms with Gasteiger partial charge in [0.05, 0.1) is 17.0 Å². The maximum Gasteiger partial charge on any atom is 0.191 e. The molecule has 0 aromatic heterocycles. The van der Waals surface area contributed by atoms with E-state index in [1.54, 1.807) is 19.1 Å². The van der Waals surface area contributed by atoms with Crippen molar-refractivity contribution in [2.75, 3.05) is 19.3 Å². The molecule has 0 aliphatic carbocycles. The number of nitrogens with one attached hydrogen (secondary N) is 2. The predicted molar refractivity (Wildman–Crippen MR) is 118 cm³/mol. The predicted octanol–water partition coefficient (Wildman–Crippen LogP) is 2.62. The summed E-state index contributed by atoms with van der Waals surface area (Å²) in [6.07, 6.45) is 2.55. The molecule has 3 N–H and O–H groups in total. The highest BCUT2D eigenvalue weighted by atomic mass is 127. The minimum atomic E-state index is -3.21. The number of aliphatic hydroxyl groups is 1. The van der Waals surface area contributed by atoms with E-state index in [1.165, 1.54) is 6.26 Å². The van der Waals surface area contributed by atoms with Gasteiger partial charge in [-0.05, 0) is 43.9 Å². The van der Waals surface area contributed by atoms with E-state index in [9.17, 15) is 13.5 Å². The number of aryl methyl sites for hydroxylation is 1.